The maximum absolute atomic E-state index is 12.2. The van der Waals surface area contributed by atoms with E-state index in [2.05, 4.69) is 9.72 Å². The van der Waals surface area contributed by atoms with Crippen molar-refractivity contribution in [2.24, 2.45) is 0 Å². The highest BCUT2D eigenvalue weighted by Crippen LogP contribution is 2.37. The fourth-order valence-corrected chi connectivity index (χ4v) is 1.85. The molecule has 0 saturated carbocycles. The summed E-state index contributed by atoms with van der Waals surface area (Å²) in [5.74, 6) is -1.01. The van der Waals surface area contributed by atoms with Crippen molar-refractivity contribution >= 4 is 28.2 Å². The van der Waals surface area contributed by atoms with Crippen LogP contribution in [0.25, 0.3) is 10.9 Å². The molecule has 21 heavy (non-hydrogen) atoms. The summed E-state index contributed by atoms with van der Waals surface area (Å²) in [6.45, 7) is 0. The summed E-state index contributed by atoms with van der Waals surface area (Å²) >= 11 is 5.86. The van der Waals surface area contributed by atoms with Gasteiger partial charge in [0.05, 0.1) is 21.0 Å². The first-order chi connectivity index (χ1) is 9.73. The predicted molar refractivity (Wildman–Crippen MR) is 64.8 cm³/mol. The van der Waals surface area contributed by atoms with E-state index in [0.717, 1.165) is 18.3 Å². The first-order valence-electron chi connectivity index (χ1n) is 5.15. The monoisotopic (exact) mass is 317 g/mol. The molecule has 108 valence electrons. The molecule has 10 heteroatoms. The zero-order valence-corrected chi connectivity index (χ0v) is 10.6. The zero-order chi connectivity index (χ0) is 15.8. The van der Waals surface area contributed by atoms with Crippen molar-refractivity contribution in [1.29, 1.82) is 5.26 Å². The molecule has 0 fully saturated rings. The summed E-state index contributed by atoms with van der Waals surface area (Å²) in [7, 11) is 0. The molecule has 0 bridgehead atoms. The Morgan fingerprint density at radius 2 is 2.10 bits per heavy atom. The van der Waals surface area contributed by atoms with Crippen molar-refractivity contribution in [2.45, 2.75) is 6.36 Å². The van der Waals surface area contributed by atoms with E-state index in [1.807, 2.05) is 0 Å². The number of hydrogen-bond acceptors (Lipinski definition) is 5. The molecule has 0 aliphatic carbocycles. The smallest absolute Gasteiger partial charge is 0.398 e. The van der Waals surface area contributed by atoms with Gasteiger partial charge in [-0.3, -0.25) is 15.1 Å². The molecule has 1 aromatic heterocycles. The first kappa shape index (κ1) is 14.8. The standard InChI is InChI=1S/C11H3ClF3N3O3/c12-10-5(3-16)4-17-7-2-9(21-11(13,14)15)8(18(19)20)1-6(7)10/h1-2,4H. The van der Waals surface area contributed by atoms with E-state index < -0.39 is 22.7 Å². The molecule has 0 unspecified atom stereocenters. The van der Waals surface area contributed by atoms with E-state index in [0.29, 0.717) is 0 Å². The summed E-state index contributed by atoms with van der Waals surface area (Å²) in [5.41, 5.74) is -1.05. The summed E-state index contributed by atoms with van der Waals surface area (Å²) < 4.78 is 40.4. The number of hydrogen-bond donors (Lipinski definition) is 0. The summed E-state index contributed by atoms with van der Waals surface area (Å²) in [6.07, 6.45) is -4.04. The quantitative estimate of drug-likeness (QED) is 0.624. The molecule has 1 heterocycles. The minimum Gasteiger partial charge on any atom is -0.398 e. The molecule has 6 nitrogen and oxygen atoms in total. The molecule has 0 spiro atoms. The first-order valence-corrected chi connectivity index (χ1v) is 5.53. The number of rotatable bonds is 2. The number of halogens is 4. The Labute approximate surface area is 119 Å². The number of pyridine rings is 1. The molecule has 2 rings (SSSR count). The van der Waals surface area contributed by atoms with E-state index >= 15 is 0 Å². The molecular formula is C11H3ClF3N3O3. The molecule has 0 saturated heterocycles. The highest BCUT2D eigenvalue weighted by Gasteiger charge is 2.35. The van der Waals surface area contributed by atoms with Crippen LogP contribution in [0.4, 0.5) is 18.9 Å². The number of aromatic nitrogens is 1. The van der Waals surface area contributed by atoms with Gasteiger partial charge in [-0.05, 0) is 0 Å². The maximum Gasteiger partial charge on any atom is 0.573 e. The SMILES string of the molecule is N#Cc1cnc2cc(OC(F)(F)F)c([N+](=O)[O-])cc2c1Cl. The number of ether oxygens (including phenoxy) is 1. The number of nitro groups is 1. The number of alkyl halides is 3. The third-order valence-electron chi connectivity index (χ3n) is 2.43. The van der Waals surface area contributed by atoms with Crippen LogP contribution in [0.5, 0.6) is 5.75 Å². The molecule has 2 aromatic rings. The van der Waals surface area contributed by atoms with Gasteiger partial charge in [-0.25, -0.2) is 0 Å². The van der Waals surface area contributed by atoms with Crippen molar-refractivity contribution in [2.75, 3.05) is 0 Å². The molecule has 1 aromatic carbocycles. The highest BCUT2D eigenvalue weighted by atomic mass is 35.5. The minimum atomic E-state index is -5.09. The van der Waals surface area contributed by atoms with Crippen LogP contribution in [0.15, 0.2) is 18.3 Å². The van der Waals surface area contributed by atoms with Gasteiger partial charge in [0.15, 0.2) is 0 Å². The number of nitriles is 1. The Balaban J connectivity index is 2.75. The van der Waals surface area contributed by atoms with Crippen molar-refractivity contribution in [1.82, 2.24) is 4.98 Å². The van der Waals surface area contributed by atoms with E-state index in [4.69, 9.17) is 16.9 Å². The lowest BCUT2D eigenvalue weighted by atomic mass is 10.1. The van der Waals surface area contributed by atoms with E-state index in [-0.39, 0.29) is 21.5 Å². The predicted octanol–water partition coefficient (Wildman–Crippen LogP) is 3.57. The lowest BCUT2D eigenvalue weighted by Crippen LogP contribution is -2.18. The van der Waals surface area contributed by atoms with Crippen LogP contribution >= 0.6 is 11.6 Å². The molecule has 0 radical (unpaired) electrons. The normalized spacial score (nSPS) is 11.2. The Kier molecular flexibility index (Phi) is 3.57. The largest absolute Gasteiger partial charge is 0.573 e. The zero-order valence-electron chi connectivity index (χ0n) is 9.81. The molecule has 0 aliphatic heterocycles. The van der Waals surface area contributed by atoms with Gasteiger partial charge in [0, 0.05) is 23.7 Å². The lowest BCUT2D eigenvalue weighted by Gasteiger charge is -2.10. The topological polar surface area (TPSA) is 89.0 Å². The van der Waals surface area contributed by atoms with Gasteiger partial charge in [-0.15, -0.1) is 13.2 Å². The van der Waals surface area contributed by atoms with Crippen LogP contribution in [-0.4, -0.2) is 16.3 Å². The third-order valence-corrected chi connectivity index (χ3v) is 2.83. The average molecular weight is 318 g/mol. The molecule has 0 amide bonds. The van der Waals surface area contributed by atoms with Crippen molar-refractivity contribution < 1.29 is 22.8 Å². The Morgan fingerprint density at radius 3 is 2.62 bits per heavy atom. The van der Waals surface area contributed by atoms with E-state index in [1.54, 1.807) is 6.07 Å². The van der Waals surface area contributed by atoms with Gasteiger partial charge in [0.25, 0.3) is 0 Å². The Morgan fingerprint density at radius 1 is 1.43 bits per heavy atom. The molecular weight excluding hydrogens is 315 g/mol. The summed E-state index contributed by atoms with van der Waals surface area (Å²) in [5, 5.41) is 19.5. The number of nitrogens with zero attached hydrogens (tertiary/aromatic N) is 3. The van der Waals surface area contributed by atoms with Crippen molar-refractivity contribution in [3.05, 3.63) is 39.0 Å². The fraction of sp³-hybridized carbons (Fsp3) is 0.0909. The van der Waals surface area contributed by atoms with Crippen LogP contribution in [0.2, 0.25) is 5.02 Å². The van der Waals surface area contributed by atoms with Gasteiger partial charge in [0.1, 0.15) is 6.07 Å². The fourth-order valence-electron chi connectivity index (χ4n) is 1.60. The molecule has 0 aliphatic rings. The Bertz CT molecular complexity index is 786. The number of fused-ring (bicyclic) bond motifs is 1. The van der Waals surface area contributed by atoms with Crippen molar-refractivity contribution in [3.63, 3.8) is 0 Å². The van der Waals surface area contributed by atoms with Crippen LogP contribution in [0.3, 0.4) is 0 Å². The van der Waals surface area contributed by atoms with Gasteiger partial charge < -0.3 is 4.74 Å². The lowest BCUT2D eigenvalue weighted by molar-refractivity contribution is -0.388. The molecule has 0 atom stereocenters. The third kappa shape index (κ3) is 2.95. The summed E-state index contributed by atoms with van der Waals surface area (Å²) in [6, 6.07) is 3.24. The van der Waals surface area contributed by atoms with E-state index in [9.17, 15) is 23.3 Å². The second-order valence-corrected chi connectivity index (χ2v) is 4.12. The van der Waals surface area contributed by atoms with Crippen LogP contribution in [0.1, 0.15) is 5.56 Å². The maximum atomic E-state index is 12.2. The van der Waals surface area contributed by atoms with Crippen LogP contribution in [-0.2, 0) is 0 Å². The Hall–Kier alpha value is -2.60. The number of nitro benzene ring substituents is 1. The van der Waals surface area contributed by atoms with Gasteiger partial charge in [-0.1, -0.05) is 11.6 Å². The second-order valence-electron chi connectivity index (χ2n) is 3.74. The van der Waals surface area contributed by atoms with Crippen LogP contribution < -0.4 is 4.74 Å². The van der Waals surface area contributed by atoms with Gasteiger partial charge in [0.2, 0.25) is 5.75 Å². The van der Waals surface area contributed by atoms with Gasteiger partial charge in [-0.2, -0.15) is 5.26 Å². The minimum absolute atomic E-state index is 0.0167. The summed E-state index contributed by atoms with van der Waals surface area (Å²) in [4.78, 5) is 13.5. The van der Waals surface area contributed by atoms with Crippen LogP contribution in [0, 0.1) is 21.4 Å². The molecule has 0 N–H and O–H groups in total. The van der Waals surface area contributed by atoms with Gasteiger partial charge >= 0.3 is 12.0 Å². The highest BCUT2D eigenvalue weighted by molar-refractivity contribution is 6.36. The number of benzene rings is 1. The second kappa shape index (κ2) is 5.06. The van der Waals surface area contributed by atoms with E-state index in [1.165, 1.54) is 0 Å². The van der Waals surface area contributed by atoms with Crippen molar-refractivity contribution in [3.8, 4) is 11.8 Å². The average Bonchev–Trinajstić information content (AvgIpc) is 2.36.